The minimum absolute atomic E-state index is 0.0451. The van der Waals surface area contributed by atoms with Crippen LogP contribution in [-0.4, -0.2) is 90.4 Å². The van der Waals surface area contributed by atoms with Gasteiger partial charge in [-0.15, -0.1) is 0 Å². The number of fused-ring (bicyclic) bond motifs is 1. The zero-order valence-electron chi connectivity index (χ0n) is 18.3. The lowest BCUT2D eigenvalue weighted by Gasteiger charge is -2.16. The zero-order valence-corrected chi connectivity index (χ0v) is 18.3. The Hall–Kier alpha value is -4.12. The van der Waals surface area contributed by atoms with Gasteiger partial charge in [0.25, 0.3) is 11.8 Å². The molecule has 0 radical (unpaired) electrons. The Morgan fingerprint density at radius 3 is 2.82 bits per heavy atom. The van der Waals surface area contributed by atoms with Crippen LogP contribution in [0.5, 0.6) is 0 Å². The van der Waals surface area contributed by atoms with E-state index >= 15 is 0 Å². The first kappa shape index (κ1) is 23.1. The third-order valence-electron chi connectivity index (χ3n) is 5.24. The highest BCUT2D eigenvalue weighted by Gasteiger charge is 2.47. The number of aliphatic hydroxyl groups is 2. The van der Waals surface area contributed by atoms with Crippen LogP contribution in [0.1, 0.15) is 22.4 Å². The molecule has 0 aromatic carbocycles. The second-order valence-corrected chi connectivity index (χ2v) is 7.50. The van der Waals surface area contributed by atoms with E-state index in [1.165, 1.54) is 29.0 Å². The largest absolute Gasteiger partial charge is 0.387 e. The zero-order chi connectivity index (χ0) is 24.4. The summed E-state index contributed by atoms with van der Waals surface area (Å²) in [6.07, 6.45) is -0.911. The van der Waals surface area contributed by atoms with Gasteiger partial charge in [-0.1, -0.05) is 5.92 Å². The number of ether oxygens (including phenoxy) is 1. The Morgan fingerprint density at radius 1 is 1.32 bits per heavy atom. The van der Waals surface area contributed by atoms with E-state index in [0.29, 0.717) is 5.56 Å². The monoisotopic (exact) mass is 466 g/mol. The molecule has 4 rings (SSSR count). The van der Waals surface area contributed by atoms with Crippen molar-refractivity contribution in [1.29, 1.82) is 0 Å². The lowest BCUT2D eigenvalue weighted by atomic mass is 10.1. The molecule has 0 bridgehead atoms. The van der Waals surface area contributed by atoms with Gasteiger partial charge in [-0.2, -0.15) is 0 Å². The van der Waals surface area contributed by atoms with E-state index in [1.807, 2.05) is 0 Å². The van der Waals surface area contributed by atoms with Gasteiger partial charge in [0.2, 0.25) is 5.82 Å². The van der Waals surface area contributed by atoms with Gasteiger partial charge in [0.1, 0.15) is 17.7 Å². The first-order chi connectivity index (χ1) is 16.3. The molecule has 1 aliphatic rings. The predicted molar refractivity (Wildman–Crippen MR) is 118 cm³/mol. The van der Waals surface area contributed by atoms with Gasteiger partial charge < -0.3 is 30.9 Å². The van der Waals surface area contributed by atoms with E-state index in [1.54, 1.807) is 25.4 Å². The fourth-order valence-electron chi connectivity index (χ4n) is 3.45. The average Bonchev–Trinajstić information content (AvgIpc) is 3.39. The van der Waals surface area contributed by atoms with Gasteiger partial charge in [-0.25, -0.2) is 15.0 Å². The number of amides is 2. The number of nitrogens with zero attached hydrogens (tertiary/aromatic N) is 6. The van der Waals surface area contributed by atoms with Crippen LogP contribution in [0.25, 0.3) is 11.2 Å². The molecule has 3 aromatic heterocycles. The summed E-state index contributed by atoms with van der Waals surface area (Å²) in [4.78, 5) is 42.3. The highest BCUT2D eigenvalue weighted by molar-refractivity contribution is 5.93. The van der Waals surface area contributed by atoms with Crippen molar-refractivity contribution >= 4 is 28.8 Å². The van der Waals surface area contributed by atoms with E-state index in [9.17, 15) is 19.8 Å². The summed E-state index contributed by atoms with van der Waals surface area (Å²) in [5.74, 6) is 4.86. The maximum Gasteiger partial charge on any atom is 0.255 e. The van der Waals surface area contributed by atoms with Gasteiger partial charge in [0.05, 0.1) is 18.4 Å². The maximum absolute atomic E-state index is 12.4. The number of nitrogen functional groups attached to an aromatic ring is 1. The lowest BCUT2D eigenvalue weighted by molar-refractivity contribution is -0.137. The van der Waals surface area contributed by atoms with Crippen molar-refractivity contribution in [3.63, 3.8) is 0 Å². The number of likely N-dealkylation sites (N-methyl/N-ethyl adjacent to an activating group) is 1. The number of nitrogens with two attached hydrogens (primary N) is 1. The Balaban J connectivity index is 1.57. The molecule has 13 heteroatoms. The first-order valence-electron chi connectivity index (χ1n) is 10.2. The Bertz CT molecular complexity index is 1280. The van der Waals surface area contributed by atoms with Crippen LogP contribution >= 0.6 is 0 Å². The number of imidazole rings is 1. The van der Waals surface area contributed by atoms with Crippen LogP contribution in [-0.2, 0) is 9.53 Å². The fourth-order valence-corrected chi connectivity index (χ4v) is 3.45. The SMILES string of the molecule is CNC(=O)[C@H]1O[C@@H](n2cnc3c(N)nc(C#CCN(C)C(=O)c4cccnc4)nc32)[C@H](O)C1O. The van der Waals surface area contributed by atoms with Gasteiger partial charge in [0.15, 0.2) is 23.8 Å². The summed E-state index contributed by atoms with van der Waals surface area (Å²) in [7, 11) is 3.00. The Morgan fingerprint density at radius 2 is 2.12 bits per heavy atom. The second kappa shape index (κ2) is 9.40. The Kier molecular flexibility index (Phi) is 6.37. The normalized spacial score (nSPS) is 21.6. The minimum Gasteiger partial charge on any atom is -0.387 e. The number of aromatic nitrogens is 5. The van der Waals surface area contributed by atoms with Crippen LogP contribution in [0.4, 0.5) is 5.82 Å². The van der Waals surface area contributed by atoms with Gasteiger partial charge in [-0.3, -0.25) is 19.1 Å². The number of carbonyl (C=O) groups is 2. The summed E-state index contributed by atoms with van der Waals surface area (Å²) in [6, 6.07) is 3.33. The average molecular weight is 466 g/mol. The molecule has 0 saturated carbocycles. The minimum atomic E-state index is -1.45. The molecule has 0 aliphatic carbocycles. The maximum atomic E-state index is 12.4. The number of rotatable bonds is 4. The molecule has 4 heterocycles. The molecule has 1 unspecified atom stereocenters. The van der Waals surface area contributed by atoms with Crippen LogP contribution < -0.4 is 11.1 Å². The van der Waals surface area contributed by atoms with Crippen molar-refractivity contribution in [3.05, 3.63) is 42.2 Å². The van der Waals surface area contributed by atoms with Crippen molar-refractivity contribution in [2.75, 3.05) is 26.4 Å². The van der Waals surface area contributed by atoms with Crippen LogP contribution in [0.2, 0.25) is 0 Å². The molecule has 5 N–H and O–H groups in total. The van der Waals surface area contributed by atoms with Crippen molar-refractivity contribution in [1.82, 2.24) is 34.7 Å². The summed E-state index contributed by atoms with van der Waals surface area (Å²) in [6.45, 7) is 0.0960. The smallest absolute Gasteiger partial charge is 0.255 e. The Labute approximate surface area is 193 Å². The number of hydrogen-bond acceptors (Lipinski definition) is 10. The van der Waals surface area contributed by atoms with Gasteiger partial charge >= 0.3 is 0 Å². The standard InChI is InChI=1S/C21H22N8O5/c1-23-19(32)16-14(30)15(31)21(34-16)29-10-25-13-17(22)26-12(27-18(13)29)6-4-8-28(2)20(33)11-5-3-7-24-9-11/h3,5,7,9-10,14-16,21,30-31H,8H2,1-2H3,(H,23,32)(H2,22,26,27)/t14?,15-,16+,21-/m1/s1. The van der Waals surface area contributed by atoms with E-state index in [0.717, 1.165) is 0 Å². The third kappa shape index (κ3) is 4.25. The van der Waals surface area contributed by atoms with E-state index < -0.39 is 30.4 Å². The van der Waals surface area contributed by atoms with Crippen LogP contribution in [0.3, 0.4) is 0 Å². The number of anilines is 1. The molecule has 1 fully saturated rings. The molecular formula is C21H22N8O5. The van der Waals surface area contributed by atoms with E-state index in [-0.39, 0.29) is 35.3 Å². The molecule has 1 saturated heterocycles. The fraction of sp³-hybridized carbons (Fsp3) is 0.333. The summed E-state index contributed by atoms with van der Waals surface area (Å²) in [5, 5.41) is 23.0. The lowest BCUT2D eigenvalue weighted by Crippen LogP contribution is -2.41. The van der Waals surface area contributed by atoms with Crippen molar-refractivity contribution in [2.24, 2.45) is 0 Å². The van der Waals surface area contributed by atoms with Crippen molar-refractivity contribution in [2.45, 2.75) is 24.5 Å². The third-order valence-corrected chi connectivity index (χ3v) is 5.24. The number of pyridine rings is 1. The molecular weight excluding hydrogens is 444 g/mol. The molecule has 0 spiro atoms. The second-order valence-electron chi connectivity index (χ2n) is 7.50. The van der Waals surface area contributed by atoms with Crippen molar-refractivity contribution in [3.8, 4) is 11.8 Å². The first-order valence-corrected chi connectivity index (χ1v) is 10.2. The van der Waals surface area contributed by atoms with Gasteiger partial charge in [0, 0.05) is 26.5 Å². The molecule has 2 amide bonds. The topological polar surface area (TPSA) is 182 Å². The highest BCUT2D eigenvalue weighted by atomic mass is 16.6. The molecule has 34 heavy (non-hydrogen) atoms. The summed E-state index contributed by atoms with van der Waals surface area (Å²) < 4.78 is 6.93. The number of carbonyl (C=O) groups excluding carboxylic acids is 2. The molecule has 13 nitrogen and oxygen atoms in total. The summed E-state index contributed by atoms with van der Waals surface area (Å²) >= 11 is 0. The predicted octanol–water partition coefficient (Wildman–Crippen LogP) is -1.71. The van der Waals surface area contributed by atoms with Crippen LogP contribution in [0, 0.1) is 11.8 Å². The quantitative estimate of drug-likeness (QED) is 0.323. The van der Waals surface area contributed by atoms with E-state index in [2.05, 4.69) is 37.1 Å². The number of nitrogens with one attached hydrogen (secondary N) is 1. The van der Waals surface area contributed by atoms with Crippen LogP contribution in [0.15, 0.2) is 30.9 Å². The van der Waals surface area contributed by atoms with E-state index in [4.69, 9.17) is 10.5 Å². The highest BCUT2D eigenvalue weighted by Crippen LogP contribution is 2.32. The molecule has 4 atom stereocenters. The number of aliphatic hydroxyl groups excluding tert-OH is 2. The molecule has 3 aromatic rings. The number of hydrogen-bond donors (Lipinski definition) is 4. The van der Waals surface area contributed by atoms with Gasteiger partial charge in [-0.05, 0) is 18.1 Å². The summed E-state index contributed by atoms with van der Waals surface area (Å²) in [5.41, 5.74) is 6.87. The molecule has 1 aliphatic heterocycles. The molecule has 176 valence electrons. The van der Waals surface area contributed by atoms with Crippen molar-refractivity contribution < 1.29 is 24.5 Å².